The van der Waals surface area contributed by atoms with Crippen LogP contribution in [-0.4, -0.2) is 0 Å². The van der Waals surface area contributed by atoms with Crippen LogP contribution in [0, 0.1) is 0 Å². The molecule has 11 aromatic rings. The Morgan fingerprint density at radius 2 is 0.873 bits per heavy atom. The van der Waals surface area contributed by atoms with E-state index in [-0.39, 0.29) is 10.8 Å². The Bertz CT molecular complexity index is 3680. The summed E-state index contributed by atoms with van der Waals surface area (Å²) in [5.41, 5.74) is 21.5. The lowest BCUT2D eigenvalue weighted by atomic mass is 9.81. The monoisotopic (exact) mass is 809 g/mol. The van der Waals surface area contributed by atoms with Crippen LogP contribution in [0.1, 0.15) is 49.9 Å². The van der Waals surface area contributed by atoms with Crippen molar-refractivity contribution in [1.29, 1.82) is 0 Å². The van der Waals surface area contributed by atoms with Crippen LogP contribution < -0.4 is 4.90 Å². The molecule has 0 aliphatic heterocycles. The van der Waals surface area contributed by atoms with E-state index >= 15 is 0 Å². The molecule has 0 atom stereocenters. The number of anilines is 3. The summed E-state index contributed by atoms with van der Waals surface area (Å²) < 4.78 is 13.6. The van der Waals surface area contributed by atoms with E-state index in [0.29, 0.717) is 0 Å². The normalized spacial score (nSPS) is 14.3. The minimum Gasteiger partial charge on any atom is -0.456 e. The maximum atomic E-state index is 7.07. The van der Waals surface area contributed by atoms with E-state index in [1.54, 1.807) is 0 Å². The second-order valence-electron chi connectivity index (χ2n) is 18.5. The number of benzene rings is 9. The first-order valence-corrected chi connectivity index (χ1v) is 22.0. The molecule has 9 aromatic carbocycles. The van der Waals surface area contributed by atoms with Crippen LogP contribution in [0.2, 0.25) is 0 Å². The third kappa shape index (κ3) is 5.14. The van der Waals surface area contributed by atoms with Gasteiger partial charge in [0.05, 0.1) is 0 Å². The van der Waals surface area contributed by atoms with E-state index < -0.39 is 0 Å². The highest BCUT2D eigenvalue weighted by atomic mass is 16.3. The molecule has 0 fully saturated rings. The highest BCUT2D eigenvalue weighted by Crippen LogP contribution is 2.54. The Labute approximate surface area is 366 Å². The van der Waals surface area contributed by atoms with E-state index in [4.69, 9.17) is 8.83 Å². The minimum atomic E-state index is -0.163. The molecule has 0 bridgehead atoms. The van der Waals surface area contributed by atoms with Gasteiger partial charge in [-0.25, -0.2) is 0 Å². The van der Waals surface area contributed by atoms with Crippen LogP contribution in [0.4, 0.5) is 17.1 Å². The molecule has 3 nitrogen and oxygen atoms in total. The Hall–Kier alpha value is -7.62. The van der Waals surface area contributed by atoms with Crippen molar-refractivity contribution in [1.82, 2.24) is 0 Å². The molecular formula is C60H43NO2. The van der Waals surface area contributed by atoms with Gasteiger partial charge in [0.1, 0.15) is 22.3 Å². The summed E-state index contributed by atoms with van der Waals surface area (Å²) in [5.74, 6) is 0. The number of hydrogen-bond donors (Lipinski definition) is 0. The molecule has 13 rings (SSSR count). The summed E-state index contributed by atoms with van der Waals surface area (Å²) >= 11 is 0. The first-order valence-electron chi connectivity index (χ1n) is 22.0. The molecule has 2 aromatic heterocycles. The molecule has 0 amide bonds. The molecule has 2 aliphatic rings. The van der Waals surface area contributed by atoms with Crippen molar-refractivity contribution in [2.45, 2.75) is 38.5 Å². The molecule has 300 valence electrons. The molecule has 0 spiro atoms. The van der Waals surface area contributed by atoms with Crippen LogP contribution in [0.3, 0.4) is 0 Å². The van der Waals surface area contributed by atoms with Crippen LogP contribution >= 0.6 is 0 Å². The van der Waals surface area contributed by atoms with Gasteiger partial charge in [-0.15, -0.1) is 0 Å². The SMILES string of the molecule is CC1(C)c2ccccc2-c2ccc(-c3cc(N(c4ccc(-c5ccccc5)cc4)c4ccc5c(c4)C(C)(C)c4ccccc4-5)cc4c3oc3ccc5oc6ccccc6c5c34)cc21. The molecule has 2 heterocycles. The van der Waals surface area contributed by atoms with Gasteiger partial charge >= 0.3 is 0 Å². The highest BCUT2D eigenvalue weighted by Gasteiger charge is 2.37. The number of hydrogen-bond acceptors (Lipinski definition) is 3. The van der Waals surface area contributed by atoms with Gasteiger partial charge in [0, 0.05) is 55.0 Å². The molecule has 0 saturated heterocycles. The summed E-state index contributed by atoms with van der Waals surface area (Å²) in [6, 6.07) is 68.7. The van der Waals surface area contributed by atoms with Crippen molar-refractivity contribution in [3.05, 3.63) is 210 Å². The maximum Gasteiger partial charge on any atom is 0.143 e. The zero-order valence-electron chi connectivity index (χ0n) is 35.7. The summed E-state index contributed by atoms with van der Waals surface area (Å²) in [7, 11) is 0. The maximum absolute atomic E-state index is 7.07. The molecular weight excluding hydrogens is 767 g/mol. The van der Waals surface area contributed by atoms with Gasteiger partial charge in [-0.3, -0.25) is 0 Å². The number of furan rings is 2. The number of fused-ring (bicyclic) bond motifs is 13. The van der Waals surface area contributed by atoms with Gasteiger partial charge in [-0.1, -0.05) is 155 Å². The first-order chi connectivity index (χ1) is 30.7. The molecule has 3 heteroatoms. The largest absolute Gasteiger partial charge is 0.456 e. The van der Waals surface area contributed by atoms with Crippen molar-refractivity contribution in [3.8, 4) is 44.5 Å². The Morgan fingerprint density at radius 3 is 1.60 bits per heavy atom. The molecule has 0 saturated carbocycles. The van der Waals surface area contributed by atoms with Gasteiger partial charge < -0.3 is 13.7 Å². The van der Waals surface area contributed by atoms with E-state index in [9.17, 15) is 0 Å². The topological polar surface area (TPSA) is 29.5 Å². The quantitative estimate of drug-likeness (QED) is 0.173. The fraction of sp³-hybridized carbons (Fsp3) is 0.100. The smallest absolute Gasteiger partial charge is 0.143 e. The average Bonchev–Trinajstić information content (AvgIpc) is 4.02. The average molecular weight is 810 g/mol. The molecule has 63 heavy (non-hydrogen) atoms. The lowest BCUT2D eigenvalue weighted by Crippen LogP contribution is -2.16. The van der Waals surface area contributed by atoms with Gasteiger partial charge in [0.25, 0.3) is 0 Å². The summed E-state index contributed by atoms with van der Waals surface area (Å²) in [5, 5.41) is 4.27. The van der Waals surface area contributed by atoms with E-state index in [0.717, 1.165) is 72.1 Å². The molecule has 0 unspecified atom stereocenters. The number of para-hydroxylation sites is 1. The van der Waals surface area contributed by atoms with Gasteiger partial charge in [-0.05, 0) is 122 Å². The lowest BCUT2D eigenvalue weighted by molar-refractivity contribution is 0.660. The third-order valence-electron chi connectivity index (χ3n) is 14.3. The van der Waals surface area contributed by atoms with E-state index in [2.05, 4.69) is 215 Å². The predicted octanol–water partition coefficient (Wildman–Crippen LogP) is 16.9. The van der Waals surface area contributed by atoms with Crippen molar-refractivity contribution in [3.63, 3.8) is 0 Å². The van der Waals surface area contributed by atoms with E-state index in [1.165, 1.54) is 55.6 Å². The van der Waals surface area contributed by atoms with Crippen molar-refractivity contribution in [2.75, 3.05) is 4.90 Å². The summed E-state index contributed by atoms with van der Waals surface area (Å²) in [6.07, 6.45) is 0. The van der Waals surface area contributed by atoms with Gasteiger partial charge in [0.2, 0.25) is 0 Å². The second kappa shape index (κ2) is 13.0. The first kappa shape index (κ1) is 36.1. The zero-order chi connectivity index (χ0) is 42.2. The number of nitrogens with zero attached hydrogens (tertiary/aromatic N) is 1. The van der Waals surface area contributed by atoms with Crippen molar-refractivity contribution >= 4 is 60.9 Å². The highest BCUT2D eigenvalue weighted by molar-refractivity contribution is 6.27. The van der Waals surface area contributed by atoms with Gasteiger partial charge in [0.15, 0.2) is 0 Å². The standard InChI is InChI=1S/C60H43NO2/c1-59(2)49-19-11-8-16-42(49)44-28-24-38(32-51(44)59)47-33-41(34-48-57-55(63-58(47)48)31-30-54-56(57)46-18-10-13-21-53(46)62-54)61(39-25-22-37(23-26-39)36-14-6-5-7-15-36)40-27-29-45-43-17-9-12-20-50(43)60(3,4)52(45)35-40/h5-35H,1-4H3. The van der Waals surface area contributed by atoms with Crippen LogP contribution in [0.5, 0.6) is 0 Å². The van der Waals surface area contributed by atoms with Crippen LogP contribution in [0.15, 0.2) is 197 Å². The zero-order valence-corrected chi connectivity index (χ0v) is 35.7. The third-order valence-corrected chi connectivity index (χ3v) is 14.3. The van der Waals surface area contributed by atoms with Gasteiger partial charge in [-0.2, -0.15) is 0 Å². The minimum absolute atomic E-state index is 0.157. The lowest BCUT2D eigenvalue weighted by Gasteiger charge is -2.29. The Kier molecular flexibility index (Phi) is 7.42. The van der Waals surface area contributed by atoms with E-state index in [1.807, 2.05) is 6.07 Å². The molecule has 0 radical (unpaired) electrons. The number of rotatable bonds is 5. The summed E-state index contributed by atoms with van der Waals surface area (Å²) in [6.45, 7) is 9.42. The van der Waals surface area contributed by atoms with Crippen molar-refractivity contribution in [2.24, 2.45) is 0 Å². The predicted molar refractivity (Wildman–Crippen MR) is 262 cm³/mol. The van der Waals surface area contributed by atoms with Crippen molar-refractivity contribution < 1.29 is 8.83 Å². The van der Waals surface area contributed by atoms with Crippen LogP contribution in [-0.2, 0) is 10.8 Å². The Morgan fingerprint density at radius 1 is 0.333 bits per heavy atom. The second-order valence-corrected chi connectivity index (χ2v) is 18.5. The molecule has 2 aliphatic carbocycles. The van der Waals surface area contributed by atoms with Crippen LogP contribution in [0.25, 0.3) is 88.4 Å². The summed E-state index contributed by atoms with van der Waals surface area (Å²) in [4.78, 5) is 2.44. The Balaban J connectivity index is 1.10. The fourth-order valence-electron chi connectivity index (χ4n) is 11.1. The fourth-order valence-corrected chi connectivity index (χ4v) is 11.1. The molecule has 0 N–H and O–H groups in total.